The number of nitro groups is 1. The fraction of sp³-hybridized carbons (Fsp3) is 0.125. The summed E-state index contributed by atoms with van der Waals surface area (Å²) in [4.78, 5) is 22.1. The molecule has 0 heterocycles. The van der Waals surface area contributed by atoms with Crippen LogP contribution in [-0.4, -0.2) is 16.5 Å². The molecule has 0 radical (unpaired) electrons. The van der Waals surface area contributed by atoms with Gasteiger partial charge in [0.05, 0.1) is 17.1 Å². The molecule has 0 unspecified atom stereocenters. The summed E-state index contributed by atoms with van der Waals surface area (Å²) >= 11 is 5.78. The Morgan fingerprint density at radius 2 is 1.96 bits per heavy atom. The highest BCUT2D eigenvalue weighted by Gasteiger charge is 2.08. The van der Waals surface area contributed by atoms with E-state index in [1.165, 1.54) is 12.1 Å². The van der Waals surface area contributed by atoms with Crippen molar-refractivity contribution in [2.24, 2.45) is 5.10 Å². The van der Waals surface area contributed by atoms with Crippen molar-refractivity contribution in [2.75, 3.05) is 0 Å². The van der Waals surface area contributed by atoms with Crippen LogP contribution in [0.5, 0.6) is 0 Å². The van der Waals surface area contributed by atoms with Gasteiger partial charge in [-0.05, 0) is 24.6 Å². The summed E-state index contributed by atoms with van der Waals surface area (Å²) in [6.07, 6.45) is 0.170. The lowest BCUT2D eigenvalue weighted by atomic mass is 10.1. The molecular formula is C16H14ClN3O3. The predicted molar refractivity (Wildman–Crippen MR) is 88.6 cm³/mol. The summed E-state index contributed by atoms with van der Waals surface area (Å²) in [7, 11) is 0. The van der Waals surface area contributed by atoms with Crippen LogP contribution in [0.15, 0.2) is 53.6 Å². The molecule has 1 N–H and O–H groups in total. The number of carbonyl (C=O) groups is 1. The van der Waals surface area contributed by atoms with Crippen LogP contribution in [0.3, 0.4) is 0 Å². The van der Waals surface area contributed by atoms with Crippen molar-refractivity contribution < 1.29 is 9.72 Å². The molecule has 0 atom stereocenters. The Morgan fingerprint density at radius 1 is 1.26 bits per heavy atom. The van der Waals surface area contributed by atoms with E-state index in [-0.39, 0.29) is 18.0 Å². The molecule has 0 bridgehead atoms. The van der Waals surface area contributed by atoms with Crippen molar-refractivity contribution in [1.82, 2.24) is 5.43 Å². The van der Waals surface area contributed by atoms with Crippen LogP contribution in [0.4, 0.5) is 5.69 Å². The average molecular weight is 332 g/mol. The molecule has 0 saturated heterocycles. The SMILES string of the molecule is CC(=NNC(=O)Cc1ccc(Cl)cc1)c1cccc([N+](=O)[O-])c1. The Hall–Kier alpha value is -2.73. The van der Waals surface area contributed by atoms with Crippen LogP contribution in [0.25, 0.3) is 0 Å². The fourth-order valence-electron chi connectivity index (χ4n) is 1.88. The first-order valence-electron chi connectivity index (χ1n) is 6.78. The van der Waals surface area contributed by atoms with Gasteiger partial charge in [-0.2, -0.15) is 5.10 Å². The number of hydrogen-bond acceptors (Lipinski definition) is 4. The predicted octanol–water partition coefficient (Wildman–Crippen LogP) is 3.33. The maximum absolute atomic E-state index is 11.8. The number of carbonyl (C=O) groups excluding carboxylic acids is 1. The third-order valence-corrected chi connectivity index (χ3v) is 3.35. The molecule has 0 aliphatic carbocycles. The number of nitrogens with zero attached hydrogens (tertiary/aromatic N) is 2. The number of hydrazone groups is 1. The first kappa shape index (κ1) is 16.6. The Bertz CT molecular complexity index is 757. The summed E-state index contributed by atoms with van der Waals surface area (Å²) in [6.45, 7) is 1.67. The molecule has 7 heteroatoms. The summed E-state index contributed by atoms with van der Waals surface area (Å²) < 4.78 is 0. The quantitative estimate of drug-likeness (QED) is 0.518. The molecule has 1 amide bonds. The van der Waals surface area contributed by atoms with E-state index in [1.807, 2.05) is 0 Å². The van der Waals surface area contributed by atoms with Gasteiger partial charge in [0.15, 0.2) is 0 Å². The second kappa shape index (κ2) is 7.51. The lowest BCUT2D eigenvalue weighted by Gasteiger charge is -2.03. The van der Waals surface area contributed by atoms with Crippen molar-refractivity contribution in [1.29, 1.82) is 0 Å². The second-order valence-electron chi connectivity index (χ2n) is 4.84. The van der Waals surface area contributed by atoms with E-state index in [1.54, 1.807) is 43.3 Å². The van der Waals surface area contributed by atoms with E-state index in [2.05, 4.69) is 10.5 Å². The molecule has 6 nitrogen and oxygen atoms in total. The highest BCUT2D eigenvalue weighted by molar-refractivity contribution is 6.30. The van der Waals surface area contributed by atoms with Gasteiger partial charge in [-0.15, -0.1) is 0 Å². The van der Waals surface area contributed by atoms with Crippen molar-refractivity contribution >= 4 is 28.9 Å². The van der Waals surface area contributed by atoms with E-state index in [4.69, 9.17) is 11.6 Å². The molecule has 0 saturated carbocycles. The van der Waals surface area contributed by atoms with Crippen LogP contribution in [0, 0.1) is 10.1 Å². The molecule has 0 spiro atoms. The Morgan fingerprint density at radius 3 is 2.61 bits per heavy atom. The van der Waals surface area contributed by atoms with Crippen molar-refractivity contribution in [3.05, 3.63) is 74.8 Å². The van der Waals surface area contributed by atoms with E-state index in [0.717, 1.165) is 5.56 Å². The van der Waals surface area contributed by atoms with Gasteiger partial charge in [0.2, 0.25) is 5.91 Å². The Labute approximate surface area is 137 Å². The van der Waals surface area contributed by atoms with Gasteiger partial charge in [-0.3, -0.25) is 14.9 Å². The van der Waals surface area contributed by atoms with Gasteiger partial charge in [0, 0.05) is 22.7 Å². The number of hydrogen-bond donors (Lipinski definition) is 1. The highest BCUT2D eigenvalue weighted by Crippen LogP contribution is 2.13. The minimum atomic E-state index is -0.476. The van der Waals surface area contributed by atoms with Crippen LogP contribution < -0.4 is 5.43 Å². The van der Waals surface area contributed by atoms with Gasteiger partial charge in [0.1, 0.15) is 0 Å². The van der Waals surface area contributed by atoms with E-state index >= 15 is 0 Å². The highest BCUT2D eigenvalue weighted by atomic mass is 35.5. The molecule has 23 heavy (non-hydrogen) atoms. The van der Waals surface area contributed by atoms with Gasteiger partial charge < -0.3 is 0 Å². The van der Waals surface area contributed by atoms with Crippen LogP contribution in [0.2, 0.25) is 5.02 Å². The molecule has 0 aromatic heterocycles. The monoisotopic (exact) mass is 331 g/mol. The zero-order chi connectivity index (χ0) is 16.8. The number of non-ortho nitro benzene ring substituents is 1. The lowest BCUT2D eigenvalue weighted by molar-refractivity contribution is -0.384. The number of rotatable bonds is 5. The molecule has 0 fully saturated rings. The third-order valence-electron chi connectivity index (χ3n) is 3.10. The first-order chi connectivity index (χ1) is 11.0. The largest absolute Gasteiger partial charge is 0.273 e. The van der Waals surface area contributed by atoms with Gasteiger partial charge in [0.25, 0.3) is 5.69 Å². The summed E-state index contributed by atoms with van der Waals surface area (Å²) in [6, 6.07) is 13.0. The standard InChI is InChI=1S/C16H14ClN3O3/c1-11(13-3-2-4-15(10-13)20(22)23)18-19-16(21)9-12-5-7-14(17)8-6-12/h2-8,10H,9H2,1H3,(H,19,21). The molecule has 0 aliphatic heterocycles. The fourth-order valence-corrected chi connectivity index (χ4v) is 2.01. The topological polar surface area (TPSA) is 84.6 Å². The van der Waals surface area contributed by atoms with Gasteiger partial charge in [-0.1, -0.05) is 35.9 Å². The second-order valence-corrected chi connectivity index (χ2v) is 5.28. The zero-order valence-corrected chi connectivity index (χ0v) is 13.1. The minimum Gasteiger partial charge on any atom is -0.273 e. The minimum absolute atomic E-state index is 0.0236. The van der Waals surface area contributed by atoms with E-state index in [9.17, 15) is 14.9 Å². The molecule has 118 valence electrons. The molecule has 2 aromatic carbocycles. The van der Waals surface area contributed by atoms with Crippen molar-refractivity contribution in [3.8, 4) is 0 Å². The van der Waals surface area contributed by atoms with E-state index < -0.39 is 4.92 Å². The van der Waals surface area contributed by atoms with Crippen molar-refractivity contribution in [2.45, 2.75) is 13.3 Å². The molecular weight excluding hydrogens is 318 g/mol. The maximum atomic E-state index is 11.8. The van der Waals surface area contributed by atoms with Crippen LogP contribution in [0.1, 0.15) is 18.1 Å². The third kappa shape index (κ3) is 4.89. The number of nitrogens with one attached hydrogen (secondary N) is 1. The molecule has 2 rings (SSSR count). The molecule has 2 aromatic rings. The number of halogens is 1. The van der Waals surface area contributed by atoms with E-state index in [0.29, 0.717) is 16.3 Å². The smallest absolute Gasteiger partial charge is 0.270 e. The van der Waals surface area contributed by atoms with Crippen LogP contribution in [-0.2, 0) is 11.2 Å². The lowest BCUT2D eigenvalue weighted by Crippen LogP contribution is -2.21. The van der Waals surface area contributed by atoms with Gasteiger partial charge >= 0.3 is 0 Å². The normalized spacial score (nSPS) is 11.1. The first-order valence-corrected chi connectivity index (χ1v) is 7.16. The Kier molecular flexibility index (Phi) is 5.43. The summed E-state index contributed by atoms with van der Waals surface area (Å²) in [5.74, 6) is -0.280. The average Bonchev–Trinajstić information content (AvgIpc) is 2.55. The van der Waals surface area contributed by atoms with Crippen molar-refractivity contribution in [3.63, 3.8) is 0 Å². The van der Waals surface area contributed by atoms with Crippen LogP contribution >= 0.6 is 11.6 Å². The molecule has 0 aliphatic rings. The summed E-state index contributed by atoms with van der Waals surface area (Å²) in [5.41, 5.74) is 4.29. The van der Waals surface area contributed by atoms with Gasteiger partial charge in [-0.25, -0.2) is 5.43 Å². The zero-order valence-electron chi connectivity index (χ0n) is 12.3. The maximum Gasteiger partial charge on any atom is 0.270 e. The number of nitro benzene ring substituents is 1. The Balaban J connectivity index is 2.01. The number of benzene rings is 2. The summed E-state index contributed by atoms with van der Waals surface area (Å²) in [5, 5.41) is 15.3. The number of amides is 1.